The molecule has 0 fully saturated rings. The number of Topliss-reactive ketones (excluding diaryl/α,β-unsaturated/α-hetero) is 1. The SMILES string of the molecule is CCCCN(CCCC)c1ccc(C=C2C(=O)c3ccccc3S2(=O)=O)cc1. The second kappa shape index (κ2) is 8.74. The maximum atomic E-state index is 12.7. The Bertz CT molecular complexity index is 967. The predicted octanol–water partition coefficient (Wildman–Crippen LogP) is 5.10. The van der Waals surface area contributed by atoms with Crippen LogP contribution in [-0.4, -0.2) is 27.3 Å². The molecule has 2 aromatic rings. The summed E-state index contributed by atoms with van der Waals surface area (Å²) in [6.07, 6.45) is 6.06. The van der Waals surface area contributed by atoms with Gasteiger partial charge in [-0.2, -0.15) is 0 Å². The van der Waals surface area contributed by atoms with Crippen molar-refractivity contribution in [2.24, 2.45) is 0 Å². The van der Waals surface area contributed by atoms with Gasteiger partial charge in [0.2, 0.25) is 15.6 Å². The maximum Gasteiger partial charge on any atom is 0.211 e. The fourth-order valence-electron chi connectivity index (χ4n) is 3.41. The summed E-state index contributed by atoms with van der Waals surface area (Å²) in [6, 6.07) is 14.2. The van der Waals surface area contributed by atoms with Crippen LogP contribution in [-0.2, 0) is 9.84 Å². The van der Waals surface area contributed by atoms with E-state index in [0.717, 1.165) is 50.0 Å². The van der Waals surface area contributed by atoms with Crippen molar-refractivity contribution < 1.29 is 13.2 Å². The van der Waals surface area contributed by atoms with Gasteiger partial charge in [0.05, 0.1) is 4.90 Å². The highest BCUT2D eigenvalue weighted by molar-refractivity contribution is 7.97. The molecule has 0 saturated heterocycles. The van der Waals surface area contributed by atoms with Gasteiger partial charge in [-0.3, -0.25) is 4.79 Å². The van der Waals surface area contributed by atoms with Crippen LogP contribution in [0.4, 0.5) is 5.69 Å². The molecule has 0 aromatic heterocycles. The summed E-state index contributed by atoms with van der Waals surface area (Å²) < 4.78 is 25.4. The number of ketones is 1. The summed E-state index contributed by atoms with van der Waals surface area (Å²) in [6.45, 7) is 6.40. The van der Waals surface area contributed by atoms with Crippen molar-refractivity contribution in [1.82, 2.24) is 0 Å². The van der Waals surface area contributed by atoms with Crippen LogP contribution in [0, 0.1) is 0 Å². The van der Waals surface area contributed by atoms with Crippen molar-refractivity contribution in [1.29, 1.82) is 0 Å². The van der Waals surface area contributed by atoms with E-state index in [1.54, 1.807) is 18.2 Å². The summed E-state index contributed by atoms with van der Waals surface area (Å²) in [5.74, 6) is -0.424. The highest BCUT2D eigenvalue weighted by Crippen LogP contribution is 2.35. The molecule has 0 saturated carbocycles. The number of unbranched alkanes of at least 4 members (excludes halogenated alkanes) is 2. The van der Waals surface area contributed by atoms with Gasteiger partial charge in [-0.15, -0.1) is 0 Å². The number of nitrogens with zero attached hydrogens (tertiary/aromatic N) is 1. The number of benzene rings is 2. The van der Waals surface area contributed by atoms with Crippen LogP contribution in [0.3, 0.4) is 0 Å². The molecule has 5 heteroatoms. The van der Waals surface area contributed by atoms with E-state index in [1.807, 2.05) is 24.3 Å². The van der Waals surface area contributed by atoms with Gasteiger partial charge in [-0.05, 0) is 48.7 Å². The summed E-state index contributed by atoms with van der Waals surface area (Å²) in [4.78, 5) is 14.9. The van der Waals surface area contributed by atoms with E-state index in [4.69, 9.17) is 0 Å². The number of allylic oxidation sites excluding steroid dienone is 1. The quantitative estimate of drug-likeness (QED) is 0.581. The van der Waals surface area contributed by atoms with E-state index in [2.05, 4.69) is 18.7 Å². The van der Waals surface area contributed by atoms with Gasteiger partial charge < -0.3 is 4.90 Å². The second-order valence-corrected chi connectivity index (χ2v) is 9.01. The number of hydrogen-bond acceptors (Lipinski definition) is 4. The Kier molecular flexibility index (Phi) is 6.35. The van der Waals surface area contributed by atoms with Crippen molar-refractivity contribution in [3.63, 3.8) is 0 Å². The number of fused-ring (bicyclic) bond motifs is 1. The Morgan fingerprint density at radius 2 is 1.50 bits per heavy atom. The molecular formula is C23H27NO3S. The van der Waals surface area contributed by atoms with Gasteiger partial charge in [0.1, 0.15) is 4.91 Å². The van der Waals surface area contributed by atoms with E-state index in [0.29, 0.717) is 0 Å². The zero-order valence-corrected chi connectivity index (χ0v) is 17.3. The van der Waals surface area contributed by atoms with E-state index in [9.17, 15) is 13.2 Å². The molecular weight excluding hydrogens is 370 g/mol. The lowest BCUT2D eigenvalue weighted by atomic mass is 10.1. The average Bonchev–Trinajstić information content (AvgIpc) is 2.90. The first kappa shape index (κ1) is 20.3. The molecule has 1 aliphatic heterocycles. The van der Waals surface area contributed by atoms with Gasteiger partial charge in [-0.25, -0.2) is 8.42 Å². The van der Waals surface area contributed by atoms with Crippen molar-refractivity contribution in [3.05, 3.63) is 64.6 Å². The molecule has 0 amide bonds. The highest BCUT2D eigenvalue weighted by atomic mass is 32.2. The van der Waals surface area contributed by atoms with Crippen LogP contribution >= 0.6 is 0 Å². The van der Waals surface area contributed by atoms with Crippen LogP contribution in [0.1, 0.15) is 55.5 Å². The van der Waals surface area contributed by atoms with Crippen LogP contribution in [0.2, 0.25) is 0 Å². The molecule has 4 nitrogen and oxygen atoms in total. The number of carbonyl (C=O) groups is 1. The summed E-state index contributed by atoms with van der Waals surface area (Å²) in [5, 5.41) is 0. The molecule has 1 aliphatic rings. The molecule has 1 heterocycles. The lowest BCUT2D eigenvalue weighted by molar-refractivity contribution is 0.104. The maximum absolute atomic E-state index is 12.7. The van der Waals surface area contributed by atoms with Crippen molar-refractivity contribution >= 4 is 27.4 Å². The summed E-state index contributed by atoms with van der Waals surface area (Å²) in [7, 11) is -3.74. The van der Waals surface area contributed by atoms with E-state index in [1.165, 1.54) is 12.1 Å². The number of sulfone groups is 1. The third-order valence-corrected chi connectivity index (χ3v) is 6.87. The second-order valence-electron chi connectivity index (χ2n) is 7.12. The fourth-order valence-corrected chi connectivity index (χ4v) is 5.00. The molecule has 28 heavy (non-hydrogen) atoms. The number of rotatable bonds is 8. The zero-order valence-electron chi connectivity index (χ0n) is 16.5. The van der Waals surface area contributed by atoms with Crippen molar-refractivity contribution in [3.8, 4) is 0 Å². The largest absolute Gasteiger partial charge is 0.372 e. The lowest BCUT2D eigenvalue weighted by Crippen LogP contribution is -2.25. The molecule has 0 N–H and O–H groups in total. The molecule has 148 valence electrons. The first-order valence-corrected chi connectivity index (χ1v) is 11.4. The van der Waals surface area contributed by atoms with Crippen LogP contribution in [0.15, 0.2) is 58.3 Å². The number of anilines is 1. The molecule has 0 spiro atoms. The lowest BCUT2D eigenvalue weighted by Gasteiger charge is -2.24. The molecule has 0 atom stereocenters. The van der Waals surface area contributed by atoms with Gasteiger partial charge in [0.25, 0.3) is 0 Å². The third-order valence-electron chi connectivity index (χ3n) is 5.05. The Balaban J connectivity index is 1.87. The minimum Gasteiger partial charge on any atom is -0.372 e. The number of hydrogen-bond donors (Lipinski definition) is 0. The molecule has 0 unspecified atom stereocenters. The fraction of sp³-hybridized carbons (Fsp3) is 0.348. The monoisotopic (exact) mass is 397 g/mol. The number of carbonyl (C=O) groups excluding carboxylic acids is 1. The molecule has 0 bridgehead atoms. The Morgan fingerprint density at radius 3 is 2.07 bits per heavy atom. The van der Waals surface area contributed by atoms with Crippen molar-refractivity contribution in [2.45, 2.75) is 44.4 Å². The van der Waals surface area contributed by atoms with E-state index < -0.39 is 15.6 Å². The third kappa shape index (κ3) is 4.04. The normalized spacial score (nSPS) is 16.4. The topological polar surface area (TPSA) is 54.5 Å². The standard InChI is InChI=1S/C23H27NO3S/c1-3-5-15-24(16-6-4-2)19-13-11-18(12-14-19)17-22-23(25)20-9-7-8-10-21(20)28(22,26)27/h7-14,17H,3-6,15-16H2,1-2H3. The Hall–Kier alpha value is -2.40. The Morgan fingerprint density at radius 1 is 0.893 bits per heavy atom. The molecule has 3 rings (SSSR count). The van der Waals surface area contributed by atoms with Gasteiger partial charge in [-0.1, -0.05) is 51.0 Å². The molecule has 2 aromatic carbocycles. The van der Waals surface area contributed by atoms with E-state index in [-0.39, 0.29) is 15.4 Å². The van der Waals surface area contributed by atoms with Crippen molar-refractivity contribution in [2.75, 3.05) is 18.0 Å². The van der Waals surface area contributed by atoms with Crippen LogP contribution in [0.25, 0.3) is 6.08 Å². The summed E-state index contributed by atoms with van der Waals surface area (Å²) in [5.41, 5.74) is 2.11. The van der Waals surface area contributed by atoms with Gasteiger partial charge in [0, 0.05) is 24.3 Å². The first-order valence-electron chi connectivity index (χ1n) is 9.94. The average molecular weight is 398 g/mol. The van der Waals surface area contributed by atoms with Gasteiger partial charge in [0.15, 0.2) is 0 Å². The Labute approximate surface area is 167 Å². The van der Waals surface area contributed by atoms with Gasteiger partial charge >= 0.3 is 0 Å². The molecule has 0 aliphatic carbocycles. The van der Waals surface area contributed by atoms with E-state index >= 15 is 0 Å². The zero-order chi connectivity index (χ0) is 20.1. The highest BCUT2D eigenvalue weighted by Gasteiger charge is 2.38. The van der Waals surface area contributed by atoms with Crippen LogP contribution < -0.4 is 4.90 Å². The summed E-state index contributed by atoms with van der Waals surface area (Å²) >= 11 is 0. The smallest absolute Gasteiger partial charge is 0.211 e. The minimum atomic E-state index is -3.74. The first-order chi connectivity index (χ1) is 13.5. The predicted molar refractivity (Wildman–Crippen MR) is 114 cm³/mol. The molecule has 0 radical (unpaired) electrons. The van der Waals surface area contributed by atoms with Crippen LogP contribution in [0.5, 0.6) is 0 Å². The minimum absolute atomic E-state index is 0.105.